The van der Waals surface area contributed by atoms with E-state index >= 15 is 0 Å². The van der Waals surface area contributed by atoms with Crippen molar-refractivity contribution in [2.24, 2.45) is 0 Å². The fourth-order valence-corrected chi connectivity index (χ4v) is 3.41. The van der Waals surface area contributed by atoms with Gasteiger partial charge in [0, 0.05) is 23.7 Å². The molecule has 3 heterocycles. The molecule has 24 heavy (non-hydrogen) atoms. The minimum Gasteiger partial charge on any atom is -0.381 e. The van der Waals surface area contributed by atoms with Crippen LogP contribution in [0.15, 0.2) is 41.2 Å². The van der Waals surface area contributed by atoms with E-state index < -0.39 is 0 Å². The molecule has 0 aliphatic carbocycles. The van der Waals surface area contributed by atoms with Crippen LogP contribution in [0.1, 0.15) is 35.1 Å². The second kappa shape index (κ2) is 6.24. The molecule has 5 nitrogen and oxygen atoms in total. The molecule has 2 aromatic heterocycles. The zero-order valence-corrected chi connectivity index (χ0v) is 14.0. The predicted octanol–water partition coefficient (Wildman–Crippen LogP) is 3.71. The lowest BCUT2D eigenvalue weighted by molar-refractivity contribution is 0.193. The Kier molecular flexibility index (Phi) is 3.94. The van der Waals surface area contributed by atoms with Crippen LogP contribution in [-0.2, 0) is 11.3 Å². The molecule has 0 saturated carbocycles. The van der Waals surface area contributed by atoms with Gasteiger partial charge in [0.1, 0.15) is 5.76 Å². The molecule has 124 valence electrons. The van der Waals surface area contributed by atoms with E-state index in [1.807, 2.05) is 26.2 Å². The molecule has 1 saturated heterocycles. The Balaban J connectivity index is 1.78. The van der Waals surface area contributed by atoms with Gasteiger partial charge in [-0.05, 0) is 20.3 Å². The van der Waals surface area contributed by atoms with Gasteiger partial charge in [-0.1, -0.05) is 35.5 Å². The Morgan fingerprint density at radius 1 is 1.21 bits per heavy atom. The Labute approximate surface area is 141 Å². The molecule has 0 unspecified atom stereocenters. The molecule has 1 aliphatic heterocycles. The topological polar surface area (TPSA) is 53.1 Å². The third-order valence-electron chi connectivity index (χ3n) is 4.75. The molecule has 0 amide bonds. The van der Waals surface area contributed by atoms with Crippen molar-refractivity contribution in [3.05, 3.63) is 59.4 Å². The first-order chi connectivity index (χ1) is 11.7. The minimum absolute atomic E-state index is 0.378. The lowest BCUT2D eigenvalue weighted by Crippen LogP contribution is -2.10. The molecule has 1 fully saturated rings. The van der Waals surface area contributed by atoms with E-state index in [9.17, 15) is 0 Å². The first-order valence-electron chi connectivity index (χ1n) is 8.34. The van der Waals surface area contributed by atoms with Crippen LogP contribution in [0, 0.1) is 13.8 Å². The third-order valence-corrected chi connectivity index (χ3v) is 4.75. The molecular formula is C19H21N3O2. The van der Waals surface area contributed by atoms with Crippen molar-refractivity contribution in [3.63, 3.8) is 0 Å². The SMILES string of the molecule is Cc1noc(C)c1Cn1cnc(-c2ccccc2)c1[C@H]1CCOC1. The summed E-state index contributed by atoms with van der Waals surface area (Å²) in [5, 5.41) is 4.07. The van der Waals surface area contributed by atoms with Gasteiger partial charge in [0.05, 0.1) is 36.6 Å². The van der Waals surface area contributed by atoms with Crippen molar-refractivity contribution in [1.82, 2.24) is 14.7 Å². The van der Waals surface area contributed by atoms with Gasteiger partial charge in [-0.15, -0.1) is 0 Å². The molecule has 1 atom stereocenters. The van der Waals surface area contributed by atoms with Gasteiger partial charge in [-0.3, -0.25) is 0 Å². The second-order valence-corrected chi connectivity index (χ2v) is 6.34. The number of rotatable bonds is 4. The van der Waals surface area contributed by atoms with E-state index in [0.717, 1.165) is 54.5 Å². The van der Waals surface area contributed by atoms with Crippen molar-refractivity contribution in [1.29, 1.82) is 0 Å². The highest BCUT2D eigenvalue weighted by Gasteiger charge is 2.26. The van der Waals surface area contributed by atoms with E-state index in [1.165, 1.54) is 5.69 Å². The molecule has 1 aliphatic rings. The average Bonchev–Trinajstić information content (AvgIpc) is 3.32. The quantitative estimate of drug-likeness (QED) is 0.734. The van der Waals surface area contributed by atoms with Crippen LogP contribution in [0.25, 0.3) is 11.3 Å². The number of hydrogen-bond donors (Lipinski definition) is 0. The fourth-order valence-electron chi connectivity index (χ4n) is 3.41. The van der Waals surface area contributed by atoms with Crippen molar-refractivity contribution in [2.75, 3.05) is 13.2 Å². The summed E-state index contributed by atoms with van der Waals surface area (Å²) in [6.45, 7) is 6.25. The lowest BCUT2D eigenvalue weighted by Gasteiger charge is -2.15. The van der Waals surface area contributed by atoms with Crippen molar-refractivity contribution in [2.45, 2.75) is 32.7 Å². The maximum absolute atomic E-state index is 5.64. The molecule has 4 rings (SSSR count). The zero-order valence-electron chi connectivity index (χ0n) is 14.0. The molecule has 1 aromatic carbocycles. The number of ether oxygens (including phenoxy) is 1. The van der Waals surface area contributed by atoms with E-state index in [0.29, 0.717) is 5.92 Å². The first kappa shape index (κ1) is 15.1. The van der Waals surface area contributed by atoms with Gasteiger partial charge >= 0.3 is 0 Å². The van der Waals surface area contributed by atoms with Crippen LogP contribution in [0.2, 0.25) is 0 Å². The summed E-state index contributed by atoms with van der Waals surface area (Å²) in [6.07, 6.45) is 2.97. The number of hydrogen-bond acceptors (Lipinski definition) is 4. The number of imidazole rings is 1. The van der Waals surface area contributed by atoms with E-state index in [-0.39, 0.29) is 0 Å². The summed E-state index contributed by atoms with van der Waals surface area (Å²) in [4.78, 5) is 4.73. The van der Waals surface area contributed by atoms with E-state index in [4.69, 9.17) is 14.2 Å². The third kappa shape index (κ3) is 2.65. The molecular weight excluding hydrogens is 302 g/mol. The van der Waals surface area contributed by atoms with Crippen LogP contribution < -0.4 is 0 Å². The fraction of sp³-hybridized carbons (Fsp3) is 0.368. The Hall–Kier alpha value is -2.40. The Morgan fingerprint density at radius 2 is 2.04 bits per heavy atom. The number of nitrogens with zero attached hydrogens (tertiary/aromatic N) is 3. The molecule has 0 bridgehead atoms. The summed E-state index contributed by atoms with van der Waals surface area (Å²) in [5.74, 6) is 1.25. The van der Waals surface area contributed by atoms with Crippen LogP contribution in [0.4, 0.5) is 0 Å². The Morgan fingerprint density at radius 3 is 2.71 bits per heavy atom. The predicted molar refractivity (Wildman–Crippen MR) is 90.9 cm³/mol. The van der Waals surface area contributed by atoms with E-state index in [1.54, 1.807) is 0 Å². The summed E-state index contributed by atoms with van der Waals surface area (Å²) in [7, 11) is 0. The molecule has 3 aromatic rings. The van der Waals surface area contributed by atoms with Crippen molar-refractivity contribution in [3.8, 4) is 11.3 Å². The summed E-state index contributed by atoms with van der Waals surface area (Å²) < 4.78 is 13.2. The maximum atomic E-state index is 5.64. The normalized spacial score (nSPS) is 17.5. The van der Waals surface area contributed by atoms with Gasteiger partial charge in [0.2, 0.25) is 0 Å². The van der Waals surface area contributed by atoms with Crippen molar-refractivity contribution >= 4 is 0 Å². The van der Waals surface area contributed by atoms with Crippen molar-refractivity contribution < 1.29 is 9.26 Å². The monoisotopic (exact) mass is 323 g/mol. The lowest BCUT2D eigenvalue weighted by atomic mass is 9.99. The smallest absolute Gasteiger partial charge is 0.138 e. The molecule has 0 radical (unpaired) electrons. The largest absolute Gasteiger partial charge is 0.381 e. The molecule has 0 N–H and O–H groups in total. The van der Waals surface area contributed by atoms with Crippen LogP contribution >= 0.6 is 0 Å². The number of aromatic nitrogens is 3. The standard InChI is InChI=1S/C19H21N3O2/c1-13-17(14(2)24-21-13)10-22-12-20-18(15-6-4-3-5-7-15)19(22)16-8-9-23-11-16/h3-7,12,16H,8-11H2,1-2H3/t16-/m0/s1. The van der Waals surface area contributed by atoms with Crippen LogP contribution in [-0.4, -0.2) is 27.9 Å². The van der Waals surface area contributed by atoms with Gasteiger partial charge in [-0.25, -0.2) is 4.98 Å². The summed E-state index contributed by atoms with van der Waals surface area (Å²) >= 11 is 0. The minimum atomic E-state index is 0.378. The van der Waals surface area contributed by atoms with Gasteiger partial charge < -0.3 is 13.8 Å². The highest BCUT2D eigenvalue weighted by atomic mass is 16.5. The van der Waals surface area contributed by atoms with Crippen LogP contribution in [0.5, 0.6) is 0 Å². The van der Waals surface area contributed by atoms with Gasteiger partial charge in [0.15, 0.2) is 0 Å². The summed E-state index contributed by atoms with van der Waals surface area (Å²) in [6, 6.07) is 10.4. The second-order valence-electron chi connectivity index (χ2n) is 6.34. The summed E-state index contributed by atoms with van der Waals surface area (Å²) in [5.41, 5.74) is 5.52. The Bertz CT molecular complexity index is 810. The van der Waals surface area contributed by atoms with Gasteiger partial charge in [-0.2, -0.15) is 0 Å². The maximum Gasteiger partial charge on any atom is 0.138 e. The average molecular weight is 323 g/mol. The number of benzene rings is 1. The molecule has 0 spiro atoms. The molecule has 5 heteroatoms. The van der Waals surface area contributed by atoms with Gasteiger partial charge in [0.25, 0.3) is 0 Å². The first-order valence-corrected chi connectivity index (χ1v) is 8.34. The highest BCUT2D eigenvalue weighted by molar-refractivity contribution is 5.62. The van der Waals surface area contributed by atoms with E-state index in [2.05, 4.69) is 34.0 Å². The van der Waals surface area contributed by atoms with Crippen LogP contribution in [0.3, 0.4) is 0 Å². The zero-order chi connectivity index (χ0) is 16.5. The highest BCUT2D eigenvalue weighted by Crippen LogP contribution is 2.34. The number of aryl methyl sites for hydroxylation is 2.